The van der Waals surface area contributed by atoms with Crippen LogP contribution in [0.1, 0.15) is 44.1 Å². The second-order valence-corrected chi connectivity index (χ2v) is 11.6. The highest BCUT2D eigenvalue weighted by Crippen LogP contribution is 2.44. The van der Waals surface area contributed by atoms with Gasteiger partial charge in [0.1, 0.15) is 29.2 Å². The van der Waals surface area contributed by atoms with Crippen molar-refractivity contribution in [3.63, 3.8) is 0 Å². The molecule has 0 spiro atoms. The number of pyridine rings is 1. The first-order chi connectivity index (χ1) is 20.7. The number of aromatic nitrogens is 3. The summed E-state index contributed by atoms with van der Waals surface area (Å²) in [5.41, 5.74) is 4.14. The van der Waals surface area contributed by atoms with Crippen LogP contribution in [0.5, 0.6) is 11.5 Å². The second-order valence-electron chi connectivity index (χ2n) is 11.6. The second kappa shape index (κ2) is 11.6. The molecule has 11 heteroatoms. The number of hydrogen-bond acceptors (Lipinski definition) is 11. The molecule has 2 aliphatic rings. The Balaban J connectivity index is 1.36. The Kier molecular flexibility index (Phi) is 7.89. The number of nitrogens with zero attached hydrogens (tertiary/aromatic N) is 3. The van der Waals surface area contributed by atoms with E-state index in [2.05, 4.69) is 22.5 Å². The Morgan fingerprint density at radius 2 is 1.77 bits per heavy atom. The van der Waals surface area contributed by atoms with Crippen molar-refractivity contribution in [3.8, 4) is 22.8 Å². The SMILES string of the molecule is CCc1cc2cc(-c3c(C)nc(NCc4cc(OC)cc(OC)c4)nc3N[C@@H]3C[C@H](CO)[C@H]4OC(C)(C)O[C@H]43)oc2cn1. The summed E-state index contributed by atoms with van der Waals surface area (Å²) in [4.78, 5) is 14.3. The Hall–Kier alpha value is -3.93. The van der Waals surface area contributed by atoms with Crippen molar-refractivity contribution in [3.05, 3.63) is 53.5 Å². The zero-order valence-corrected chi connectivity index (χ0v) is 25.4. The number of methoxy groups -OCH3 is 2. The van der Waals surface area contributed by atoms with Crippen LogP contribution in [0.25, 0.3) is 22.3 Å². The van der Waals surface area contributed by atoms with Crippen molar-refractivity contribution in [1.82, 2.24) is 15.0 Å². The summed E-state index contributed by atoms with van der Waals surface area (Å²) in [6.45, 7) is 8.29. The fourth-order valence-electron chi connectivity index (χ4n) is 6.09. The maximum atomic E-state index is 10.1. The number of rotatable bonds is 10. The predicted octanol–water partition coefficient (Wildman–Crippen LogP) is 5.10. The molecule has 0 amide bonds. The summed E-state index contributed by atoms with van der Waals surface area (Å²) in [5.74, 6) is 2.32. The maximum Gasteiger partial charge on any atom is 0.225 e. The minimum Gasteiger partial charge on any atom is -0.497 e. The molecule has 6 rings (SSSR count). The molecular formula is C32H39N5O6. The maximum absolute atomic E-state index is 10.1. The van der Waals surface area contributed by atoms with Crippen LogP contribution < -0.4 is 20.1 Å². The van der Waals surface area contributed by atoms with Crippen molar-refractivity contribution in [2.45, 2.75) is 71.1 Å². The van der Waals surface area contributed by atoms with E-state index < -0.39 is 5.79 Å². The third kappa shape index (κ3) is 5.84. The van der Waals surface area contributed by atoms with Gasteiger partial charge in [0.25, 0.3) is 0 Å². The van der Waals surface area contributed by atoms with Gasteiger partial charge in [-0.05, 0) is 63.4 Å². The Morgan fingerprint density at radius 3 is 2.47 bits per heavy atom. The molecule has 0 unspecified atom stereocenters. The van der Waals surface area contributed by atoms with E-state index in [0.717, 1.165) is 34.3 Å². The Bertz CT molecular complexity index is 1600. The van der Waals surface area contributed by atoms with Crippen molar-refractivity contribution in [2.75, 3.05) is 31.5 Å². The minimum atomic E-state index is -0.735. The van der Waals surface area contributed by atoms with E-state index in [9.17, 15) is 5.11 Å². The topological polar surface area (TPSA) is 133 Å². The number of furan rings is 1. The quantitative estimate of drug-likeness (QED) is 0.228. The van der Waals surface area contributed by atoms with Crippen LogP contribution in [-0.4, -0.2) is 64.9 Å². The van der Waals surface area contributed by atoms with Gasteiger partial charge in [0.2, 0.25) is 5.95 Å². The highest BCUT2D eigenvalue weighted by atomic mass is 16.8. The number of benzene rings is 1. The number of aliphatic hydroxyl groups is 1. The van der Waals surface area contributed by atoms with Crippen molar-refractivity contribution >= 4 is 22.7 Å². The van der Waals surface area contributed by atoms with Crippen LogP contribution in [0, 0.1) is 12.8 Å². The van der Waals surface area contributed by atoms with Crippen LogP contribution in [0.3, 0.4) is 0 Å². The summed E-state index contributed by atoms with van der Waals surface area (Å²) in [6.07, 6.45) is 2.80. The zero-order valence-electron chi connectivity index (χ0n) is 25.4. The number of ether oxygens (including phenoxy) is 4. The molecule has 228 valence electrons. The Labute approximate surface area is 250 Å². The van der Waals surface area contributed by atoms with E-state index in [4.69, 9.17) is 33.3 Å². The van der Waals surface area contributed by atoms with Gasteiger partial charge in [-0.1, -0.05) is 6.92 Å². The van der Waals surface area contributed by atoms with E-state index in [1.165, 1.54) is 0 Å². The lowest BCUT2D eigenvalue weighted by Gasteiger charge is -2.25. The number of fused-ring (bicyclic) bond motifs is 2. The van der Waals surface area contributed by atoms with Gasteiger partial charge in [0, 0.05) is 36.2 Å². The smallest absolute Gasteiger partial charge is 0.225 e. The fourth-order valence-corrected chi connectivity index (χ4v) is 6.09. The summed E-state index contributed by atoms with van der Waals surface area (Å²) < 4.78 is 29.6. The number of hydrogen-bond donors (Lipinski definition) is 3. The average Bonchev–Trinajstić information content (AvgIpc) is 3.65. The van der Waals surface area contributed by atoms with Crippen LogP contribution in [0.15, 0.2) is 40.9 Å². The van der Waals surface area contributed by atoms with Gasteiger partial charge in [-0.2, -0.15) is 4.98 Å². The summed E-state index contributed by atoms with van der Waals surface area (Å²) in [5, 5.41) is 18.1. The molecular weight excluding hydrogens is 550 g/mol. The first-order valence-electron chi connectivity index (χ1n) is 14.7. The normalized spacial score (nSPS) is 22.5. The molecule has 3 N–H and O–H groups in total. The van der Waals surface area contributed by atoms with Crippen LogP contribution in [-0.2, 0) is 22.4 Å². The molecule has 1 saturated heterocycles. The number of aryl methyl sites for hydroxylation is 2. The van der Waals surface area contributed by atoms with Crippen LogP contribution in [0.4, 0.5) is 11.8 Å². The van der Waals surface area contributed by atoms with Crippen LogP contribution >= 0.6 is 0 Å². The molecule has 3 aromatic heterocycles. The highest BCUT2D eigenvalue weighted by Gasteiger charge is 2.54. The van der Waals surface area contributed by atoms with Gasteiger partial charge >= 0.3 is 0 Å². The minimum absolute atomic E-state index is 0.0155. The van der Waals surface area contributed by atoms with Crippen molar-refractivity contribution in [2.24, 2.45) is 5.92 Å². The molecule has 0 radical (unpaired) electrons. The monoisotopic (exact) mass is 589 g/mol. The molecule has 1 aliphatic heterocycles. The molecule has 4 aromatic rings. The predicted molar refractivity (Wildman–Crippen MR) is 162 cm³/mol. The largest absolute Gasteiger partial charge is 0.497 e. The molecule has 43 heavy (non-hydrogen) atoms. The number of anilines is 2. The molecule has 0 bridgehead atoms. The molecule has 11 nitrogen and oxygen atoms in total. The molecule has 1 saturated carbocycles. The van der Waals surface area contributed by atoms with Gasteiger partial charge in [-0.15, -0.1) is 0 Å². The van der Waals surface area contributed by atoms with Crippen LogP contribution in [0.2, 0.25) is 0 Å². The van der Waals surface area contributed by atoms with Crippen molar-refractivity contribution < 1.29 is 28.5 Å². The third-order valence-electron chi connectivity index (χ3n) is 8.16. The first kappa shape index (κ1) is 29.2. The highest BCUT2D eigenvalue weighted by molar-refractivity contribution is 5.86. The lowest BCUT2D eigenvalue weighted by atomic mass is 10.1. The summed E-state index contributed by atoms with van der Waals surface area (Å²) in [7, 11) is 3.25. The molecule has 1 aromatic carbocycles. The van der Waals surface area contributed by atoms with E-state index in [1.807, 2.05) is 51.1 Å². The van der Waals surface area contributed by atoms with E-state index >= 15 is 0 Å². The standard InChI is InChI=1S/C32H39N5O6/c1-7-21-10-19-12-25(41-26(19)15-33-21)27-17(2)35-31(34-14-18-8-22(39-5)13-23(9-18)40-6)37-30(27)36-24-11-20(16-38)28-29(24)43-32(3,4)42-28/h8-10,12-13,15,20,24,28-29,38H,7,11,14,16H2,1-6H3,(H2,34,35,36,37)/t20-,24-,28-,29+/m1/s1. The molecule has 2 fully saturated rings. The van der Waals surface area contributed by atoms with Gasteiger partial charge < -0.3 is 39.1 Å². The first-order valence-corrected chi connectivity index (χ1v) is 14.7. The van der Waals surface area contributed by atoms with E-state index in [-0.39, 0.29) is 30.8 Å². The third-order valence-corrected chi connectivity index (χ3v) is 8.16. The molecule has 1 aliphatic carbocycles. The number of nitrogens with one attached hydrogen (secondary N) is 2. The van der Waals surface area contributed by atoms with Crippen molar-refractivity contribution in [1.29, 1.82) is 0 Å². The average molecular weight is 590 g/mol. The van der Waals surface area contributed by atoms with Gasteiger partial charge in [-0.3, -0.25) is 4.98 Å². The van der Waals surface area contributed by atoms with E-state index in [1.54, 1.807) is 20.4 Å². The number of aliphatic hydroxyl groups excluding tert-OH is 1. The summed E-state index contributed by atoms with van der Waals surface area (Å²) >= 11 is 0. The van der Waals surface area contributed by atoms with Gasteiger partial charge in [-0.25, -0.2) is 4.98 Å². The molecule has 4 heterocycles. The van der Waals surface area contributed by atoms with Gasteiger partial charge in [0.15, 0.2) is 11.4 Å². The van der Waals surface area contributed by atoms with E-state index in [0.29, 0.717) is 47.6 Å². The lowest BCUT2D eigenvalue weighted by Crippen LogP contribution is -2.35. The lowest BCUT2D eigenvalue weighted by molar-refractivity contribution is -0.158. The fraction of sp³-hybridized carbons (Fsp3) is 0.469. The van der Waals surface area contributed by atoms with Gasteiger partial charge in [0.05, 0.1) is 43.8 Å². The summed E-state index contributed by atoms with van der Waals surface area (Å²) in [6, 6.07) is 9.62. The Morgan fingerprint density at radius 1 is 1.02 bits per heavy atom. The zero-order chi connectivity index (χ0) is 30.3. The molecule has 4 atom stereocenters.